The summed E-state index contributed by atoms with van der Waals surface area (Å²) in [6.45, 7) is 8.89. The lowest BCUT2D eigenvalue weighted by Crippen LogP contribution is -2.40. The summed E-state index contributed by atoms with van der Waals surface area (Å²) in [5.41, 5.74) is 9.29. The van der Waals surface area contributed by atoms with E-state index in [1.165, 1.54) is 5.69 Å². The topological polar surface area (TPSA) is 29.3 Å². The molecule has 2 nitrogen and oxygen atoms in total. The molecule has 0 bridgehead atoms. The summed E-state index contributed by atoms with van der Waals surface area (Å²) in [5, 5.41) is 1.40. The van der Waals surface area contributed by atoms with Crippen molar-refractivity contribution in [1.29, 1.82) is 0 Å². The minimum Gasteiger partial charge on any atom is -0.398 e. The maximum atomic E-state index is 5.96. The molecule has 1 saturated heterocycles. The number of aryl methyl sites for hydroxylation is 1. The molecule has 0 saturated carbocycles. The third-order valence-electron chi connectivity index (χ3n) is 3.05. The number of thioether (sulfide) groups is 1. The number of anilines is 2. The molecule has 2 unspecified atom stereocenters. The van der Waals surface area contributed by atoms with Crippen molar-refractivity contribution in [3.05, 3.63) is 23.8 Å². The van der Waals surface area contributed by atoms with E-state index < -0.39 is 0 Å². The first-order chi connectivity index (χ1) is 7.56. The molecule has 0 amide bonds. The Balaban J connectivity index is 2.19. The SMILES string of the molecule is Cc1ccc(N2CC(C)SC(C)C2)cc1N. The molecule has 16 heavy (non-hydrogen) atoms. The van der Waals surface area contributed by atoms with Crippen LogP contribution in [0, 0.1) is 6.92 Å². The van der Waals surface area contributed by atoms with Crippen molar-refractivity contribution in [1.82, 2.24) is 0 Å². The number of hydrogen-bond donors (Lipinski definition) is 1. The van der Waals surface area contributed by atoms with Crippen molar-refractivity contribution in [2.24, 2.45) is 0 Å². The van der Waals surface area contributed by atoms with E-state index in [1.807, 2.05) is 0 Å². The van der Waals surface area contributed by atoms with Crippen molar-refractivity contribution >= 4 is 23.1 Å². The summed E-state index contributed by atoms with van der Waals surface area (Å²) in [6.07, 6.45) is 0. The number of rotatable bonds is 1. The third kappa shape index (κ3) is 2.46. The monoisotopic (exact) mass is 236 g/mol. The third-order valence-corrected chi connectivity index (χ3v) is 4.27. The second kappa shape index (κ2) is 4.58. The van der Waals surface area contributed by atoms with Gasteiger partial charge >= 0.3 is 0 Å². The predicted octanol–water partition coefficient (Wildman–Crippen LogP) is 2.91. The minimum atomic E-state index is 0.700. The Morgan fingerprint density at radius 3 is 2.44 bits per heavy atom. The van der Waals surface area contributed by atoms with Crippen LogP contribution >= 0.6 is 11.8 Å². The predicted molar refractivity (Wildman–Crippen MR) is 74.3 cm³/mol. The molecule has 1 aliphatic heterocycles. The van der Waals surface area contributed by atoms with E-state index >= 15 is 0 Å². The largest absolute Gasteiger partial charge is 0.398 e. The summed E-state index contributed by atoms with van der Waals surface area (Å²) < 4.78 is 0. The van der Waals surface area contributed by atoms with Gasteiger partial charge in [-0.1, -0.05) is 19.9 Å². The van der Waals surface area contributed by atoms with Crippen LogP contribution in [0.2, 0.25) is 0 Å². The van der Waals surface area contributed by atoms with Gasteiger partial charge in [-0.15, -0.1) is 0 Å². The number of benzene rings is 1. The molecular formula is C13H20N2S. The molecule has 1 aromatic rings. The standard InChI is InChI=1S/C13H20N2S/c1-9-4-5-12(6-13(9)14)15-7-10(2)16-11(3)8-15/h4-6,10-11H,7-8,14H2,1-3H3. The summed E-state index contributed by atoms with van der Waals surface area (Å²) >= 11 is 2.07. The van der Waals surface area contributed by atoms with Gasteiger partial charge in [-0.2, -0.15) is 11.8 Å². The highest BCUT2D eigenvalue weighted by molar-refractivity contribution is 8.00. The maximum absolute atomic E-state index is 5.96. The first-order valence-corrected chi connectivity index (χ1v) is 6.77. The van der Waals surface area contributed by atoms with Crippen molar-refractivity contribution in [2.45, 2.75) is 31.3 Å². The van der Waals surface area contributed by atoms with Crippen LogP contribution in [0.1, 0.15) is 19.4 Å². The Morgan fingerprint density at radius 2 is 1.88 bits per heavy atom. The molecule has 88 valence electrons. The van der Waals surface area contributed by atoms with Gasteiger partial charge < -0.3 is 10.6 Å². The molecule has 2 atom stereocenters. The molecule has 1 aliphatic rings. The summed E-state index contributed by atoms with van der Waals surface area (Å²) in [5.74, 6) is 0. The zero-order valence-electron chi connectivity index (χ0n) is 10.2. The molecule has 3 heteroatoms. The van der Waals surface area contributed by atoms with Crippen LogP contribution in [-0.4, -0.2) is 23.6 Å². The molecule has 0 aliphatic carbocycles. The van der Waals surface area contributed by atoms with Gasteiger partial charge in [-0.3, -0.25) is 0 Å². The van der Waals surface area contributed by atoms with Crippen LogP contribution in [0.5, 0.6) is 0 Å². The maximum Gasteiger partial charge on any atom is 0.0387 e. The van der Waals surface area contributed by atoms with E-state index in [0.29, 0.717) is 10.5 Å². The Bertz CT molecular complexity index is 368. The van der Waals surface area contributed by atoms with Crippen molar-refractivity contribution in [3.63, 3.8) is 0 Å². The molecule has 2 N–H and O–H groups in total. The van der Waals surface area contributed by atoms with E-state index in [4.69, 9.17) is 5.73 Å². The van der Waals surface area contributed by atoms with Crippen molar-refractivity contribution in [3.8, 4) is 0 Å². The van der Waals surface area contributed by atoms with Crippen LogP contribution in [0.4, 0.5) is 11.4 Å². The number of nitrogen functional groups attached to an aromatic ring is 1. The van der Waals surface area contributed by atoms with Crippen LogP contribution in [0.25, 0.3) is 0 Å². The first-order valence-electron chi connectivity index (χ1n) is 5.83. The fraction of sp³-hybridized carbons (Fsp3) is 0.538. The molecule has 1 aromatic carbocycles. The van der Waals surface area contributed by atoms with Gasteiger partial charge in [-0.25, -0.2) is 0 Å². The lowest BCUT2D eigenvalue weighted by atomic mass is 10.1. The Labute approximate surface area is 102 Å². The van der Waals surface area contributed by atoms with E-state index in [-0.39, 0.29) is 0 Å². The van der Waals surface area contributed by atoms with E-state index in [0.717, 1.165) is 24.3 Å². The quantitative estimate of drug-likeness (QED) is 0.760. The van der Waals surface area contributed by atoms with Gasteiger partial charge in [0.15, 0.2) is 0 Å². The average Bonchev–Trinajstić information content (AvgIpc) is 2.20. The second-order valence-electron chi connectivity index (χ2n) is 4.70. The molecule has 0 spiro atoms. The van der Waals surface area contributed by atoms with Crippen molar-refractivity contribution < 1.29 is 0 Å². The highest BCUT2D eigenvalue weighted by atomic mass is 32.2. The fourth-order valence-corrected chi connectivity index (χ4v) is 3.54. The van der Waals surface area contributed by atoms with Crippen LogP contribution in [-0.2, 0) is 0 Å². The number of nitrogens with zero attached hydrogens (tertiary/aromatic N) is 1. The molecule has 2 rings (SSSR count). The van der Waals surface area contributed by atoms with Crippen LogP contribution in [0.3, 0.4) is 0 Å². The van der Waals surface area contributed by atoms with Gasteiger partial charge in [0.1, 0.15) is 0 Å². The molecule has 0 radical (unpaired) electrons. The van der Waals surface area contributed by atoms with Gasteiger partial charge in [0.05, 0.1) is 0 Å². The van der Waals surface area contributed by atoms with Crippen LogP contribution < -0.4 is 10.6 Å². The normalized spacial score (nSPS) is 25.8. The van der Waals surface area contributed by atoms with E-state index in [1.54, 1.807) is 0 Å². The van der Waals surface area contributed by atoms with E-state index in [2.05, 4.69) is 55.6 Å². The lowest BCUT2D eigenvalue weighted by Gasteiger charge is -2.36. The van der Waals surface area contributed by atoms with Gasteiger partial charge in [0, 0.05) is 35.0 Å². The first kappa shape index (κ1) is 11.6. The van der Waals surface area contributed by atoms with Gasteiger partial charge in [0.2, 0.25) is 0 Å². The molecular weight excluding hydrogens is 216 g/mol. The second-order valence-corrected chi connectivity index (χ2v) is 6.58. The zero-order chi connectivity index (χ0) is 11.7. The van der Waals surface area contributed by atoms with Crippen LogP contribution in [0.15, 0.2) is 18.2 Å². The highest BCUT2D eigenvalue weighted by Gasteiger charge is 2.22. The highest BCUT2D eigenvalue weighted by Crippen LogP contribution is 2.29. The number of hydrogen-bond acceptors (Lipinski definition) is 3. The molecule has 1 fully saturated rings. The summed E-state index contributed by atoms with van der Waals surface area (Å²) in [4.78, 5) is 2.45. The lowest BCUT2D eigenvalue weighted by molar-refractivity contribution is 0.728. The Hall–Kier alpha value is -0.830. The van der Waals surface area contributed by atoms with Gasteiger partial charge in [0.25, 0.3) is 0 Å². The minimum absolute atomic E-state index is 0.700. The van der Waals surface area contributed by atoms with E-state index in [9.17, 15) is 0 Å². The smallest absolute Gasteiger partial charge is 0.0387 e. The van der Waals surface area contributed by atoms with Crippen molar-refractivity contribution in [2.75, 3.05) is 23.7 Å². The Morgan fingerprint density at radius 1 is 1.25 bits per heavy atom. The Kier molecular flexibility index (Phi) is 3.33. The molecule has 0 aromatic heterocycles. The fourth-order valence-electron chi connectivity index (χ4n) is 2.21. The number of nitrogens with two attached hydrogens (primary N) is 1. The summed E-state index contributed by atoms with van der Waals surface area (Å²) in [7, 11) is 0. The zero-order valence-corrected chi connectivity index (χ0v) is 11.1. The van der Waals surface area contributed by atoms with Gasteiger partial charge in [-0.05, 0) is 24.6 Å². The summed E-state index contributed by atoms with van der Waals surface area (Å²) in [6, 6.07) is 6.40. The molecule has 1 heterocycles. The average molecular weight is 236 g/mol.